The standard InChI is InChI=1S/C41H65NO15/c1-12-34-31(21-52-27(8)44)17-23(4)15-16-32(47)24(5)18-30(19-36(50-13-2)51-14-3)38(25(6)33(48)20-35(49)56-34)57-41-40(55-29(10)46)37(42(11)22-43)39(26(7)53-41)54-28(9)45/h15-17,22,24-26,30-31,33-34,36-41,48H,12-14,18-21H2,1-11H3/b16-15+,23-17+/t24-,25+,26-,30-,31-,33-,34-,37+,38-,39-,40-,41+/m1/s1. The van der Waals surface area contributed by atoms with Gasteiger partial charge >= 0.3 is 23.9 Å². The van der Waals surface area contributed by atoms with Gasteiger partial charge in [0, 0.05) is 65.2 Å². The number of amides is 1. The summed E-state index contributed by atoms with van der Waals surface area (Å²) in [6, 6.07) is -1.06. The molecule has 16 heteroatoms. The second-order valence-electron chi connectivity index (χ2n) is 14.9. The number of aliphatic hydroxyl groups is 1. The van der Waals surface area contributed by atoms with Gasteiger partial charge in [-0.05, 0) is 52.5 Å². The van der Waals surface area contributed by atoms with E-state index in [-0.39, 0.29) is 25.2 Å². The Bertz CT molecular complexity index is 1390. The second kappa shape index (κ2) is 24.3. The van der Waals surface area contributed by atoms with E-state index in [0.29, 0.717) is 31.6 Å². The Kier molecular flexibility index (Phi) is 21.1. The Hall–Kier alpha value is -3.70. The molecule has 1 fully saturated rings. The first-order chi connectivity index (χ1) is 26.9. The highest BCUT2D eigenvalue weighted by atomic mass is 16.7. The first kappa shape index (κ1) is 49.4. The third-order valence-corrected chi connectivity index (χ3v) is 10.2. The molecule has 0 radical (unpaired) electrons. The van der Waals surface area contributed by atoms with Gasteiger partial charge in [0.15, 0.2) is 30.6 Å². The molecular weight excluding hydrogens is 746 g/mol. The van der Waals surface area contributed by atoms with Crippen LogP contribution in [0.1, 0.15) is 94.9 Å². The normalized spacial score (nSPS) is 33.3. The number of esters is 4. The molecule has 2 heterocycles. The lowest BCUT2D eigenvalue weighted by Gasteiger charge is -2.48. The van der Waals surface area contributed by atoms with Crippen molar-refractivity contribution in [2.45, 2.75) is 150 Å². The fraction of sp³-hybridized carbons (Fsp3) is 0.756. The van der Waals surface area contributed by atoms with Crippen molar-refractivity contribution in [3.63, 3.8) is 0 Å². The number of carbonyl (C=O) groups excluding carboxylic acids is 6. The number of allylic oxidation sites excluding steroid dienone is 3. The second-order valence-corrected chi connectivity index (χ2v) is 14.9. The Labute approximate surface area is 336 Å². The Morgan fingerprint density at radius 1 is 0.947 bits per heavy atom. The van der Waals surface area contributed by atoms with Gasteiger partial charge in [-0.25, -0.2) is 0 Å². The van der Waals surface area contributed by atoms with E-state index in [0.717, 1.165) is 0 Å². The van der Waals surface area contributed by atoms with Crippen LogP contribution in [0.3, 0.4) is 0 Å². The van der Waals surface area contributed by atoms with Crippen molar-refractivity contribution in [1.29, 1.82) is 0 Å². The molecule has 1 N–H and O–H groups in total. The molecule has 0 aromatic carbocycles. The molecule has 1 amide bonds. The van der Waals surface area contributed by atoms with E-state index in [4.69, 9.17) is 37.9 Å². The number of likely N-dealkylation sites (N-methyl/N-ethyl adjacent to an activating group) is 1. The van der Waals surface area contributed by atoms with Gasteiger partial charge in [0.25, 0.3) is 0 Å². The number of nitrogens with zero attached hydrogens (tertiary/aromatic N) is 1. The summed E-state index contributed by atoms with van der Waals surface area (Å²) < 4.78 is 47.5. The van der Waals surface area contributed by atoms with Crippen LogP contribution in [0, 0.1) is 23.7 Å². The average Bonchev–Trinajstić information content (AvgIpc) is 3.13. The van der Waals surface area contributed by atoms with Gasteiger partial charge in [-0.2, -0.15) is 0 Å². The van der Waals surface area contributed by atoms with Gasteiger partial charge in [-0.1, -0.05) is 38.5 Å². The number of hydrogen-bond donors (Lipinski definition) is 1. The molecule has 324 valence electrons. The van der Waals surface area contributed by atoms with Crippen LogP contribution in [-0.2, 0) is 66.7 Å². The summed E-state index contributed by atoms with van der Waals surface area (Å²) in [5.74, 6) is -5.45. The number of ketones is 1. The molecule has 0 bridgehead atoms. The summed E-state index contributed by atoms with van der Waals surface area (Å²) in [4.78, 5) is 77.3. The Morgan fingerprint density at radius 2 is 1.56 bits per heavy atom. The number of cyclic esters (lactones) is 1. The molecule has 1 saturated heterocycles. The van der Waals surface area contributed by atoms with Crippen molar-refractivity contribution < 1.29 is 71.8 Å². The molecule has 12 atom stereocenters. The van der Waals surface area contributed by atoms with Crippen LogP contribution in [0.15, 0.2) is 23.8 Å². The first-order valence-corrected chi connectivity index (χ1v) is 19.8. The molecule has 57 heavy (non-hydrogen) atoms. The largest absolute Gasteiger partial charge is 0.465 e. The van der Waals surface area contributed by atoms with Gasteiger partial charge in [0.05, 0.1) is 24.7 Å². The van der Waals surface area contributed by atoms with E-state index in [2.05, 4.69) is 0 Å². The van der Waals surface area contributed by atoms with Crippen molar-refractivity contribution in [2.75, 3.05) is 26.9 Å². The molecule has 0 aromatic rings. The molecule has 0 aromatic heterocycles. The lowest BCUT2D eigenvalue weighted by Crippen LogP contribution is -2.65. The zero-order valence-corrected chi connectivity index (χ0v) is 35.4. The van der Waals surface area contributed by atoms with Crippen LogP contribution >= 0.6 is 0 Å². The van der Waals surface area contributed by atoms with Crippen molar-refractivity contribution in [1.82, 2.24) is 4.90 Å². The van der Waals surface area contributed by atoms with Crippen LogP contribution in [0.2, 0.25) is 0 Å². The van der Waals surface area contributed by atoms with Gasteiger partial charge in [-0.15, -0.1) is 0 Å². The maximum Gasteiger partial charge on any atom is 0.308 e. The predicted octanol–water partition coefficient (Wildman–Crippen LogP) is 3.84. The lowest BCUT2D eigenvalue weighted by molar-refractivity contribution is -0.308. The molecule has 2 rings (SSSR count). The van der Waals surface area contributed by atoms with E-state index in [1.54, 1.807) is 39.8 Å². The predicted molar refractivity (Wildman–Crippen MR) is 205 cm³/mol. The topological polar surface area (TPSA) is 200 Å². The highest BCUT2D eigenvalue weighted by Gasteiger charge is 2.52. The maximum absolute atomic E-state index is 13.8. The summed E-state index contributed by atoms with van der Waals surface area (Å²) in [5, 5.41) is 11.8. The Balaban J connectivity index is 2.80. The first-order valence-electron chi connectivity index (χ1n) is 19.8. The average molecular weight is 812 g/mol. The molecule has 2 aliphatic rings. The number of ether oxygens (including phenoxy) is 8. The van der Waals surface area contributed by atoms with Gasteiger partial charge < -0.3 is 47.9 Å². The summed E-state index contributed by atoms with van der Waals surface area (Å²) in [7, 11) is 1.44. The lowest BCUT2D eigenvalue weighted by atomic mass is 9.79. The summed E-state index contributed by atoms with van der Waals surface area (Å²) >= 11 is 0. The molecule has 0 saturated carbocycles. The van der Waals surface area contributed by atoms with Crippen LogP contribution in [0.25, 0.3) is 0 Å². The monoisotopic (exact) mass is 811 g/mol. The van der Waals surface area contributed by atoms with Crippen molar-refractivity contribution >= 4 is 36.1 Å². The zero-order valence-electron chi connectivity index (χ0n) is 35.4. The van der Waals surface area contributed by atoms with E-state index < -0.39 is 109 Å². The molecule has 0 spiro atoms. The zero-order chi connectivity index (χ0) is 43.0. The number of rotatable bonds is 15. The van der Waals surface area contributed by atoms with E-state index in [1.165, 1.54) is 38.8 Å². The molecule has 0 aliphatic carbocycles. The van der Waals surface area contributed by atoms with Crippen LogP contribution < -0.4 is 0 Å². The SMILES string of the molecule is CCOC(C[C@H]1C[C@@H](C)C(=O)/C=C/C(C)=C/[C@H](COC(C)=O)[C@@H](CC)OC(=O)C[C@@H](O)[C@H](C)[C@H]1O[C@@H]1O[C@H](C)[C@@H](OC(C)=O)[C@H](N(C)C=O)[C@H]1OC(C)=O)OCC. The molecule has 2 aliphatic heterocycles. The van der Waals surface area contributed by atoms with Crippen molar-refractivity contribution in [3.8, 4) is 0 Å². The minimum absolute atomic E-state index is 0.0735. The molecule has 16 nitrogen and oxygen atoms in total. The van der Waals surface area contributed by atoms with E-state index in [1.807, 2.05) is 20.8 Å². The minimum Gasteiger partial charge on any atom is -0.465 e. The minimum atomic E-state index is -1.40. The number of carbonyl (C=O) groups is 6. The van der Waals surface area contributed by atoms with E-state index in [9.17, 15) is 33.9 Å². The summed E-state index contributed by atoms with van der Waals surface area (Å²) in [6.07, 6.45) is -2.90. The Morgan fingerprint density at radius 3 is 2.11 bits per heavy atom. The van der Waals surface area contributed by atoms with E-state index >= 15 is 0 Å². The highest BCUT2D eigenvalue weighted by Crippen LogP contribution is 2.37. The molecular formula is C41H65NO15. The van der Waals surface area contributed by atoms with Gasteiger partial charge in [0.1, 0.15) is 18.8 Å². The van der Waals surface area contributed by atoms with Crippen molar-refractivity contribution in [3.05, 3.63) is 23.8 Å². The highest BCUT2D eigenvalue weighted by molar-refractivity contribution is 5.91. The maximum atomic E-state index is 13.8. The van der Waals surface area contributed by atoms with Gasteiger partial charge in [-0.3, -0.25) is 28.8 Å². The fourth-order valence-corrected chi connectivity index (χ4v) is 7.38. The number of aliphatic hydroxyl groups excluding tert-OH is 1. The van der Waals surface area contributed by atoms with Gasteiger partial charge in [0.2, 0.25) is 6.41 Å². The van der Waals surface area contributed by atoms with Crippen LogP contribution in [0.4, 0.5) is 0 Å². The smallest absolute Gasteiger partial charge is 0.308 e. The van der Waals surface area contributed by atoms with Crippen LogP contribution in [0.5, 0.6) is 0 Å². The fourth-order valence-electron chi connectivity index (χ4n) is 7.38. The van der Waals surface area contributed by atoms with Crippen molar-refractivity contribution in [2.24, 2.45) is 23.7 Å². The molecule has 0 unspecified atom stereocenters. The third kappa shape index (κ3) is 15.5. The van der Waals surface area contributed by atoms with Crippen LogP contribution in [-0.4, -0.2) is 128 Å². The summed E-state index contributed by atoms with van der Waals surface area (Å²) in [6.45, 7) is 16.5. The quantitative estimate of drug-likeness (QED) is 0.108. The number of hydrogen-bond acceptors (Lipinski definition) is 15. The third-order valence-electron chi connectivity index (χ3n) is 10.2. The summed E-state index contributed by atoms with van der Waals surface area (Å²) in [5.41, 5.74) is 0.676.